The summed E-state index contributed by atoms with van der Waals surface area (Å²) in [5.41, 5.74) is 0.0959. The van der Waals surface area contributed by atoms with Crippen molar-refractivity contribution in [3.63, 3.8) is 0 Å². The minimum absolute atomic E-state index is 0.0959. The van der Waals surface area contributed by atoms with Gasteiger partial charge < -0.3 is 5.11 Å². The van der Waals surface area contributed by atoms with Crippen molar-refractivity contribution in [2.75, 3.05) is 0 Å². The van der Waals surface area contributed by atoms with Crippen molar-refractivity contribution >= 4 is 0 Å². The molecule has 0 spiro atoms. The van der Waals surface area contributed by atoms with E-state index in [1.807, 2.05) is 13.8 Å². The second-order valence-electron chi connectivity index (χ2n) is 3.99. The van der Waals surface area contributed by atoms with Crippen LogP contribution in [-0.2, 0) is 0 Å². The maximum absolute atomic E-state index is 12.8. The van der Waals surface area contributed by atoms with Crippen LogP contribution in [0, 0.1) is 5.41 Å². The summed E-state index contributed by atoms with van der Waals surface area (Å²) in [7, 11) is 0. The van der Waals surface area contributed by atoms with E-state index in [2.05, 4.69) is 0 Å². The molecule has 0 bridgehead atoms. The minimum atomic E-state index is -0.997. The molecule has 2 heteroatoms. The lowest BCUT2D eigenvalue weighted by atomic mass is 9.75. The van der Waals surface area contributed by atoms with Crippen molar-refractivity contribution < 1.29 is 9.50 Å². The van der Waals surface area contributed by atoms with Gasteiger partial charge in [0.1, 0.15) is 6.17 Å². The fourth-order valence-corrected chi connectivity index (χ4v) is 1.49. The Morgan fingerprint density at radius 2 is 2.10 bits per heavy atom. The van der Waals surface area contributed by atoms with Gasteiger partial charge in [0.25, 0.3) is 0 Å². The smallest absolute Gasteiger partial charge is 0.126 e. The highest BCUT2D eigenvalue weighted by Crippen LogP contribution is 2.36. The first-order valence-corrected chi connectivity index (χ1v) is 3.83. The molecule has 0 radical (unpaired) electrons. The van der Waals surface area contributed by atoms with Crippen molar-refractivity contribution in [3.05, 3.63) is 0 Å². The maximum Gasteiger partial charge on any atom is 0.126 e. The van der Waals surface area contributed by atoms with Crippen molar-refractivity contribution in [1.29, 1.82) is 0 Å². The van der Waals surface area contributed by atoms with Crippen molar-refractivity contribution in [1.82, 2.24) is 0 Å². The van der Waals surface area contributed by atoms with E-state index < -0.39 is 12.3 Å². The SMILES string of the molecule is CC1(C)CCC(O)C(F)C1. The Balaban J connectivity index is 2.49. The van der Waals surface area contributed by atoms with Crippen molar-refractivity contribution in [2.24, 2.45) is 5.41 Å². The Hall–Kier alpha value is -0.110. The van der Waals surface area contributed by atoms with Gasteiger partial charge in [-0.1, -0.05) is 13.8 Å². The summed E-state index contributed by atoms with van der Waals surface area (Å²) in [6, 6.07) is 0. The third kappa shape index (κ3) is 1.69. The van der Waals surface area contributed by atoms with Crippen LogP contribution in [0.3, 0.4) is 0 Å². The average molecular weight is 146 g/mol. The Morgan fingerprint density at radius 1 is 1.50 bits per heavy atom. The number of hydrogen-bond acceptors (Lipinski definition) is 1. The summed E-state index contributed by atoms with van der Waals surface area (Å²) < 4.78 is 12.8. The summed E-state index contributed by atoms with van der Waals surface area (Å²) in [6.07, 6.45) is 0.369. The van der Waals surface area contributed by atoms with Gasteiger partial charge in [-0.3, -0.25) is 0 Å². The summed E-state index contributed by atoms with van der Waals surface area (Å²) >= 11 is 0. The molecule has 0 aromatic carbocycles. The van der Waals surface area contributed by atoms with Gasteiger partial charge in [0.05, 0.1) is 6.10 Å². The molecule has 0 heterocycles. The lowest BCUT2D eigenvalue weighted by Crippen LogP contribution is -2.34. The van der Waals surface area contributed by atoms with Gasteiger partial charge in [0, 0.05) is 0 Å². The van der Waals surface area contributed by atoms with E-state index in [4.69, 9.17) is 5.11 Å². The monoisotopic (exact) mass is 146 g/mol. The summed E-state index contributed by atoms with van der Waals surface area (Å²) in [4.78, 5) is 0. The molecule has 1 aliphatic carbocycles. The number of aliphatic hydroxyl groups excluding tert-OH is 1. The Labute approximate surface area is 61.2 Å². The highest BCUT2D eigenvalue weighted by atomic mass is 19.1. The van der Waals surface area contributed by atoms with Gasteiger partial charge in [0.15, 0.2) is 0 Å². The van der Waals surface area contributed by atoms with E-state index in [0.29, 0.717) is 12.8 Å². The van der Waals surface area contributed by atoms with E-state index in [0.717, 1.165) is 6.42 Å². The molecule has 0 aromatic rings. The van der Waals surface area contributed by atoms with Crippen molar-refractivity contribution in [3.8, 4) is 0 Å². The third-order valence-corrected chi connectivity index (χ3v) is 2.28. The van der Waals surface area contributed by atoms with Crippen LogP contribution >= 0.6 is 0 Å². The van der Waals surface area contributed by atoms with Crippen LogP contribution in [0.2, 0.25) is 0 Å². The Bertz CT molecular complexity index is 122. The highest BCUT2D eigenvalue weighted by molar-refractivity contribution is 4.84. The topological polar surface area (TPSA) is 20.2 Å². The molecular weight excluding hydrogens is 131 g/mol. The molecule has 60 valence electrons. The fraction of sp³-hybridized carbons (Fsp3) is 1.00. The van der Waals surface area contributed by atoms with Crippen LogP contribution in [0.15, 0.2) is 0 Å². The lowest BCUT2D eigenvalue weighted by molar-refractivity contribution is 0.00121. The predicted molar refractivity (Wildman–Crippen MR) is 38.5 cm³/mol. The largest absolute Gasteiger partial charge is 0.390 e. The van der Waals surface area contributed by atoms with Gasteiger partial charge in [-0.25, -0.2) is 4.39 Å². The molecule has 1 rings (SSSR count). The predicted octanol–water partition coefficient (Wildman–Crippen LogP) is 1.90. The second-order valence-corrected chi connectivity index (χ2v) is 3.99. The molecule has 2 unspecified atom stereocenters. The first-order valence-electron chi connectivity index (χ1n) is 3.83. The molecule has 0 saturated heterocycles. The number of halogens is 1. The van der Waals surface area contributed by atoms with Crippen LogP contribution in [0.4, 0.5) is 4.39 Å². The number of aliphatic hydroxyl groups is 1. The van der Waals surface area contributed by atoms with Gasteiger partial charge in [-0.2, -0.15) is 0 Å². The van der Waals surface area contributed by atoms with E-state index in [1.54, 1.807) is 0 Å². The number of hydrogen-bond donors (Lipinski definition) is 1. The van der Waals surface area contributed by atoms with Gasteiger partial charge in [-0.05, 0) is 24.7 Å². The van der Waals surface area contributed by atoms with Crippen LogP contribution in [0.1, 0.15) is 33.1 Å². The fourth-order valence-electron chi connectivity index (χ4n) is 1.49. The molecular formula is C8H15FO. The average Bonchev–Trinajstić information content (AvgIpc) is 1.79. The van der Waals surface area contributed by atoms with E-state index in [1.165, 1.54) is 0 Å². The quantitative estimate of drug-likeness (QED) is 0.553. The van der Waals surface area contributed by atoms with Gasteiger partial charge in [0.2, 0.25) is 0 Å². The van der Waals surface area contributed by atoms with E-state index in [-0.39, 0.29) is 5.41 Å². The van der Waals surface area contributed by atoms with Crippen LogP contribution in [0.5, 0.6) is 0 Å². The minimum Gasteiger partial charge on any atom is -0.390 e. The Morgan fingerprint density at radius 3 is 2.50 bits per heavy atom. The van der Waals surface area contributed by atoms with Gasteiger partial charge in [-0.15, -0.1) is 0 Å². The molecule has 1 saturated carbocycles. The van der Waals surface area contributed by atoms with Gasteiger partial charge >= 0.3 is 0 Å². The molecule has 1 N–H and O–H groups in total. The number of rotatable bonds is 0. The zero-order valence-corrected chi connectivity index (χ0v) is 6.60. The molecule has 10 heavy (non-hydrogen) atoms. The molecule has 0 amide bonds. The zero-order chi connectivity index (χ0) is 7.78. The molecule has 2 atom stereocenters. The highest BCUT2D eigenvalue weighted by Gasteiger charge is 2.33. The third-order valence-electron chi connectivity index (χ3n) is 2.28. The van der Waals surface area contributed by atoms with Crippen LogP contribution < -0.4 is 0 Å². The normalized spacial score (nSPS) is 39.6. The number of alkyl halides is 1. The zero-order valence-electron chi connectivity index (χ0n) is 6.60. The maximum atomic E-state index is 12.8. The lowest BCUT2D eigenvalue weighted by Gasteiger charge is -2.34. The van der Waals surface area contributed by atoms with Crippen molar-refractivity contribution in [2.45, 2.75) is 45.4 Å². The summed E-state index contributed by atoms with van der Waals surface area (Å²) in [5.74, 6) is 0. The summed E-state index contributed by atoms with van der Waals surface area (Å²) in [6.45, 7) is 4.09. The molecule has 1 aliphatic rings. The molecule has 1 fully saturated rings. The molecule has 0 aromatic heterocycles. The van der Waals surface area contributed by atoms with E-state index in [9.17, 15) is 4.39 Å². The first kappa shape index (κ1) is 7.99. The van der Waals surface area contributed by atoms with E-state index >= 15 is 0 Å². The first-order chi connectivity index (χ1) is 4.51. The van der Waals surface area contributed by atoms with Crippen LogP contribution in [0.25, 0.3) is 0 Å². The standard InChI is InChI=1S/C8H15FO/c1-8(2)4-3-7(10)6(9)5-8/h6-7,10H,3-5H2,1-2H3. The second kappa shape index (κ2) is 2.50. The Kier molecular flexibility index (Phi) is 1.99. The molecule has 0 aliphatic heterocycles. The summed E-state index contributed by atoms with van der Waals surface area (Å²) in [5, 5.41) is 9.03. The molecule has 1 nitrogen and oxygen atoms in total. The van der Waals surface area contributed by atoms with Crippen LogP contribution in [-0.4, -0.2) is 17.4 Å².